The molecule has 2 nitrogen and oxygen atoms in total. The van der Waals surface area contributed by atoms with Crippen LogP contribution in [0.2, 0.25) is 0 Å². The Balaban J connectivity index is 0. The second-order valence-corrected chi connectivity index (χ2v) is 0. The summed E-state index contributed by atoms with van der Waals surface area (Å²) < 4.78 is 0. The first kappa shape index (κ1) is 39.1. The van der Waals surface area contributed by atoms with Gasteiger partial charge in [0.1, 0.15) is 0 Å². The number of hydrogen-bond acceptors (Lipinski definition) is 0. The van der Waals surface area contributed by atoms with E-state index in [9.17, 15) is 0 Å². The average molecular weight is 204 g/mol. The van der Waals surface area contributed by atoms with E-state index in [2.05, 4.69) is 0 Å². The SMILES string of the molecule is I.O.O.[Ca]. The topological polar surface area (TPSA) is 63.0 Å². The Morgan fingerprint density at radius 3 is 0.750 bits per heavy atom. The van der Waals surface area contributed by atoms with E-state index in [1.54, 1.807) is 0 Å². The first-order chi connectivity index (χ1) is 0. The van der Waals surface area contributed by atoms with E-state index in [0.717, 1.165) is 0 Å². The molecular formula is H5CaIO2. The summed E-state index contributed by atoms with van der Waals surface area (Å²) in [5, 5.41) is 0. The van der Waals surface area contributed by atoms with Crippen molar-refractivity contribution in [1.82, 2.24) is 0 Å². The van der Waals surface area contributed by atoms with E-state index >= 15 is 0 Å². The molecule has 0 aliphatic rings. The van der Waals surface area contributed by atoms with Gasteiger partial charge in [-0.15, -0.1) is 24.0 Å². The third kappa shape index (κ3) is 9.08. The monoisotopic (exact) mass is 204 g/mol. The molecule has 0 bridgehead atoms. The van der Waals surface area contributed by atoms with Crippen LogP contribution in [-0.2, 0) is 0 Å². The first-order valence-corrected chi connectivity index (χ1v) is 0. The zero-order valence-corrected chi connectivity index (χ0v) is 6.65. The van der Waals surface area contributed by atoms with E-state index in [0.29, 0.717) is 0 Å². The molecule has 0 aliphatic carbocycles. The predicted molar refractivity (Wildman–Crippen MR) is 28.4 cm³/mol. The minimum absolute atomic E-state index is 0. The summed E-state index contributed by atoms with van der Waals surface area (Å²) in [6.45, 7) is 0. The maximum atomic E-state index is 0. The molecule has 0 saturated carbocycles. The first-order valence-electron chi connectivity index (χ1n) is 0. The fraction of sp³-hybridized carbons (Fsp3) is 0. The molecule has 0 unspecified atom stereocenters. The van der Waals surface area contributed by atoms with Crippen LogP contribution in [0.5, 0.6) is 0 Å². The molecule has 26 valence electrons. The van der Waals surface area contributed by atoms with Crippen molar-refractivity contribution in [1.29, 1.82) is 0 Å². The summed E-state index contributed by atoms with van der Waals surface area (Å²) in [7, 11) is 0. The van der Waals surface area contributed by atoms with Crippen LogP contribution in [0, 0.1) is 0 Å². The van der Waals surface area contributed by atoms with Crippen molar-refractivity contribution in [2.75, 3.05) is 0 Å². The maximum absolute atomic E-state index is 0. The minimum Gasteiger partial charge on any atom is -0.412 e. The van der Waals surface area contributed by atoms with Gasteiger partial charge in [-0.1, -0.05) is 0 Å². The quantitative estimate of drug-likeness (QED) is 0.343. The van der Waals surface area contributed by atoms with Gasteiger partial charge in [0.15, 0.2) is 0 Å². The summed E-state index contributed by atoms with van der Waals surface area (Å²) >= 11 is 0. The van der Waals surface area contributed by atoms with Crippen LogP contribution in [0.25, 0.3) is 0 Å². The van der Waals surface area contributed by atoms with Gasteiger partial charge in [0.05, 0.1) is 0 Å². The molecule has 4 heteroatoms. The van der Waals surface area contributed by atoms with Gasteiger partial charge in [-0.25, -0.2) is 0 Å². The maximum Gasteiger partial charge on any atom is 0 e. The zero-order chi connectivity index (χ0) is 0. The standard InChI is InChI=1S/Ca.HI.2H2O/h;1H;2*1H2. The van der Waals surface area contributed by atoms with Gasteiger partial charge >= 0.3 is 0 Å². The number of halogens is 1. The molecule has 0 rings (SSSR count). The molecule has 0 amide bonds. The normalized spacial score (nSPS) is 0. The summed E-state index contributed by atoms with van der Waals surface area (Å²) in [4.78, 5) is 0. The Kier molecular flexibility index (Phi) is 201. The van der Waals surface area contributed by atoms with Crippen LogP contribution >= 0.6 is 24.0 Å². The zero-order valence-electron chi connectivity index (χ0n) is 2.12. The van der Waals surface area contributed by atoms with Gasteiger partial charge in [-0.3, -0.25) is 0 Å². The van der Waals surface area contributed by atoms with Crippen LogP contribution < -0.4 is 0 Å². The van der Waals surface area contributed by atoms with Gasteiger partial charge in [0.2, 0.25) is 0 Å². The molecule has 0 spiro atoms. The van der Waals surface area contributed by atoms with Gasteiger partial charge in [0.25, 0.3) is 0 Å². The molecule has 4 N–H and O–H groups in total. The molecular weight excluding hydrogens is 199 g/mol. The molecule has 0 saturated heterocycles. The van der Waals surface area contributed by atoms with Crippen molar-refractivity contribution in [3.63, 3.8) is 0 Å². The molecule has 0 aromatic carbocycles. The van der Waals surface area contributed by atoms with Crippen LogP contribution in [0.3, 0.4) is 0 Å². The number of rotatable bonds is 0. The second-order valence-electron chi connectivity index (χ2n) is 0. The van der Waals surface area contributed by atoms with E-state index in [4.69, 9.17) is 0 Å². The summed E-state index contributed by atoms with van der Waals surface area (Å²) in [5.41, 5.74) is 0. The Hall–Kier alpha value is 1.91. The predicted octanol–water partition coefficient (Wildman–Crippen LogP) is -1.41. The fourth-order valence-electron chi connectivity index (χ4n) is 0. The Labute approximate surface area is 71.6 Å². The van der Waals surface area contributed by atoms with Gasteiger partial charge in [-0.2, -0.15) is 0 Å². The van der Waals surface area contributed by atoms with Crippen molar-refractivity contribution in [2.24, 2.45) is 0 Å². The molecule has 0 aliphatic heterocycles. The molecule has 0 heterocycles. The third-order valence-corrected chi connectivity index (χ3v) is 0. The third-order valence-electron chi connectivity index (χ3n) is 0. The van der Waals surface area contributed by atoms with Crippen molar-refractivity contribution in [2.45, 2.75) is 0 Å². The summed E-state index contributed by atoms with van der Waals surface area (Å²) in [6, 6.07) is 0. The van der Waals surface area contributed by atoms with Crippen molar-refractivity contribution in [3.05, 3.63) is 0 Å². The smallest absolute Gasteiger partial charge is 0 e. The molecule has 0 aromatic heterocycles. The summed E-state index contributed by atoms with van der Waals surface area (Å²) in [5.74, 6) is 0. The Bertz CT molecular complexity index is 6.00. The Morgan fingerprint density at radius 2 is 0.750 bits per heavy atom. The van der Waals surface area contributed by atoms with Gasteiger partial charge < -0.3 is 11.0 Å². The largest absolute Gasteiger partial charge is 0.412 e. The molecule has 0 fully saturated rings. The van der Waals surface area contributed by atoms with E-state index in [1.807, 2.05) is 0 Å². The average Bonchev–Trinajstić information content (AvgIpc) is 0. The number of hydrogen-bond donors (Lipinski definition) is 0. The Morgan fingerprint density at radius 1 is 0.750 bits per heavy atom. The minimum atomic E-state index is 0. The second kappa shape index (κ2) is 20.6. The van der Waals surface area contributed by atoms with Crippen LogP contribution in [0.4, 0.5) is 0 Å². The van der Waals surface area contributed by atoms with Crippen LogP contribution in [0.15, 0.2) is 0 Å². The molecule has 0 atom stereocenters. The van der Waals surface area contributed by atoms with E-state index in [1.165, 1.54) is 0 Å². The molecule has 2 radical (unpaired) electrons. The van der Waals surface area contributed by atoms with E-state index < -0.39 is 0 Å². The summed E-state index contributed by atoms with van der Waals surface area (Å²) in [6.07, 6.45) is 0. The van der Waals surface area contributed by atoms with Crippen LogP contribution in [-0.4, -0.2) is 48.7 Å². The van der Waals surface area contributed by atoms with Crippen molar-refractivity contribution < 1.29 is 11.0 Å². The van der Waals surface area contributed by atoms with Crippen LogP contribution in [0.1, 0.15) is 0 Å². The van der Waals surface area contributed by atoms with E-state index in [-0.39, 0.29) is 72.7 Å². The van der Waals surface area contributed by atoms with Gasteiger partial charge in [0, 0.05) is 37.7 Å². The van der Waals surface area contributed by atoms with Crippen molar-refractivity contribution in [3.8, 4) is 0 Å². The van der Waals surface area contributed by atoms with Crippen molar-refractivity contribution >= 4 is 61.7 Å². The van der Waals surface area contributed by atoms with Gasteiger partial charge in [-0.05, 0) is 0 Å². The molecule has 4 heavy (non-hydrogen) atoms. The molecule has 0 aromatic rings. The fourth-order valence-corrected chi connectivity index (χ4v) is 0.